The fourth-order valence-corrected chi connectivity index (χ4v) is 3.15. The molecule has 0 aromatic heterocycles. The fourth-order valence-electron chi connectivity index (χ4n) is 2.90. The average Bonchev–Trinajstić information content (AvgIpc) is 2.50. The first kappa shape index (κ1) is 14.2. The topological polar surface area (TPSA) is 49.3 Å². The molecule has 1 amide bonds. The van der Waals surface area contributed by atoms with E-state index in [1.807, 2.05) is 30.3 Å². The normalized spacial score (nSPS) is 22.1. The average molecular weight is 304 g/mol. The Balaban J connectivity index is 1.80. The molecule has 3 rings (SSSR count). The zero-order chi connectivity index (χ0) is 14.8. The molecule has 0 radical (unpaired) electrons. The molecule has 2 N–H and O–H groups in total. The number of phenolic OH excluding ortho intramolecular Hbond substituents is 1. The first-order valence-electron chi connectivity index (χ1n) is 7.31. The number of phenols is 1. The van der Waals surface area contributed by atoms with Gasteiger partial charge in [0.1, 0.15) is 5.75 Å². The highest BCUT2D eigenvalue weighted by atomic mass is 35.5. The van der Waals surface area contributed by atoms with Gasteiger partial charge in [0.05, 0.1) is 5.56 Å². The van der Waals surface area contributed by atoms with E-state index in [0.717, 1.165) is 31.1 Å². The molecule has 0 atom stereocenters. The number of carbonyl (C=O) groups is 1. The van der Waals surface area contributed by atoms with E-state index in [1.165, 1.54) is 0 Å². The van der Waals surface area contributed by atoms with Gasteiger partial charge >= 0.3 is 0 Å². The third-order valence-electron chi connectivity index (χ3n) is 4.14. The Hall–Kier alpha value is -1.74. The van der Waals surface area contributed by atoms with Crippen molar-refractivity contribution in [2.45, 2.75) is 37.1 Å². The molecule has 2 aromatic rings. The van der Waals surface area contributed by atoms with E-state index >= 15 is 0 Å². The molecule has 0 bridgehead atoms. The van der Waals surface area contributed by atoms with Gasteiger partial charge in [-0.1, -0.05) is 30.3 Å². The summed E-state index contributed by atoms with van der Waals surface area (Å²) in [5, 5.41) is 15.2. The SMILES string of the molecule is O=C(NC1CCC(Cl)CC1)c1ccc2ccccc2c1O. The largest absolute Gasteiger partial charge is 0.506 e. The van der Waals surface area contributed by atoms with Crippen LogP contribution in [0.2, 0.25) is 0 Å². The van der Waals surface area contributed by atoms with Crippen LogP contribution in [-0.4, -0.2) is 22.4 Å². The molecule has 3 nitrogen and oxygen atoms in total. The second-order valence-corrected chi connectivity index (χ2v) is 6.22. The summed E-state index contributed by atoms with van der Waals surface area (Å²) in [5.41, 5.74) is 0.335. The van der Waals surface area contributed by atoms with Crippen LogP contribution in [-0.2, 0) is 0 Å². The molecule has 0 saturated heterocycles. The minimum atomic E-state index is -0.212. The highest BCUT2D eigenvalue weighted by Crippen LogP contribution is 2.29. The monoisotopic (exact) mass is 303 g/mol. The van der Waals surface area contributed by atoms with Gasteiger partial charge in [0.2, 0.25) is 0 Å². The molecule has 2 aromatic carbocycles. The summed E-state index contributed by atoms with van der Waals surface area (Å²) < 4.78 is 0. The summed E-state index contributed by atoms with van der Waals surface area (Å²) >= 11 is 6.07. The molecule has 4 heteroatoms. The van der Waals surface area contributed by atoms with Gasteiger partial charge in [-0.25, -0.2) is 0 Å². The summed E-state index contributed by atoms with van der Waals surface area (Å²) in [6.45, 7) is 0. The summed E-state index contributed by atoms with van der Waals surface area (Å²) in [5.74, 6) is -0.159. The van der Waals surface area contributed by atoms with Crippen LogP contribution in [0.1, 0.15) is 36.0 Å². The van der Waals surface area contributed by atoms with E-state index in [9.17, 15) is 9.90 Å². The molecule has 0 aliphatic heterocycles. The second-order valence-electron chi connectivity index (χ2n) is 5.61. The van der Waals surface area contributed by atoms with E-state index < -0.39 is 0 Å². The van der Waals surface area contributed by atoms with Crippen LogP contribution >= 0.6 is 11.6 Å². The Labute approximate surface area is 128 Å². The van der Waals surface area contributed by atoms with E-state index in [4.69, 9.17) is 11.6 Å². The second kappa shape index (κ2) is 5.94. The van der Waals surface area contributed by atoms with Crippen molar-refractivity contribution in [3.05, 3.63) is 42.0 Å². The summed E-state index contributed by atoms with van der Waals surface area (Å²) in [4.78, 5) is 12.4. The van der Waals surface area contributed by atoms with Crippen molar-refractivity contribution >= 4 is 28.3 Å². The molecule has 1 saturated carbocycles. The minimum Gasteiger partial charge on any atom is -0.506 e. The van der Waals surface area contributed by atoms with Gasteiger partial charge < -0.3 is 10.4 Å². The van der Waals surface area contributed by atoms with Gasteiger partial charge in [-0.2, -0.15) is 0 Å². The maximum absolute atomic E-state index is 12.4. The minimum absolute atomic E-state index is 0.0524. The number of amides is 1. The Morgan fingerprint density at radius 3 is 2.57 bits per heavy atom. The van der Waals surface area contributed by atoms with Gasteiger partial charge in [-0.15, -0.1) is 11.6 Å². The standard InChI is InChI=1S/C17H18ClNO2/c18-12-6-8-13(9-7-12)19-17(21)15-10-5-11-3-1-2-4-14(11)16(15)20/h1-5,10,12-13,20H,6-9H2,(H,19,21). The van der Waals surface area contributed by atoms with Crippen molar-refractivity contribution in [3.8, 4) is 5.75 Å². The number of halogens is 1. The van der Waals surface area contributed by atoms with E-state index in [0.29, 0.717) is 10.9 Å². The van der Waals surface area contributed by atoms with Gasteiger partial charge in [-0.05, 0) is 37.1 Å². The van der Waals surface area contributed by atoms with Crippen molar-refractivity contribution in [1.82, 2.24) is 5.32 Å². The number of hydrogen-bond acceptors (Lipinski definition) is 2. The number of benzene rings is 2. The molecular weight excluding hydrogens is 286 g/mol. The predicted octanol–water partition coefficient (Wildman–Crippen LogP) is 3.83. The molecule has 110 valence electrons. The molecule has 0 unspecified atom stereocenters. The highest BCUT2D eigenvalue weighted by Gasteiger charge is 2.22. The van der Waals surface area contributed by atoms with Crippen molar-refractivity contribution in [1.29, 1.82) is 0 Å². The highest BCUT2D eigenvalue weighted by molar-refractivity contribution is 6.20. The predicted molar refractivity (Wildman–Crippen MR) is 85.0 cm³/mol. The first-order valence-corrected chi connectivity index (χ1v) is 7.74. The number of hydrogen-bond donors (Lipinski definition) is 2. The number of alkyl halides is 1. The number of rotatable bonds is 2. The number of nitrogens with one attached hydrogen (secondary N) is 1. The van der Waals surface area contributed by atoms with E-state index in [1.54, 1.807) is 6.07 Å². The van der Waals surface area contributed by atoms with Crippen LogP contribution < -0.4 is 5.32 Å². The van der Waals surface area contributed by atoms with Crippen molar-refractivity contribution in [2.75, 3.05) is 0 Å². The van der Waals surface area contributed by atoms with Crippen molar-refractivity contribution in [2.24, 2.45) is 0 Å². The summed E-state index contributed by atoms with van der Waals surface area (Å²) in [6, 6.07) is 11.2. The lowest BCUT2D eigenvalue weighted by Crippen LogP contribution is -2.37. The molecular formula is C17H18ClNO2. The fraction of sp³-hybridized carbons (Fsp3) is 0.353. The van der Waals surface area contributed by atoms with Gasteiger partial charge in [0.15, 0.2) is 0 Å². The van der Waals surface area contributed by atoms with Gasteiger partial charge in [0.25, 0.3) is 5.91 Å². The van der Waals surface area contributed by atoms with Crippen LogP contribution in [0, 0.1) is 0 Å². The molecule has 21 heavy (non-hydrogen) atoms. The summed E-state index contributed by atoms with van der Waals surface area (Å²) in [7, 11) is 0. The molecule has 1 fully saturated rings. The van der Waals surface area contributed by atoms with Crippen LogP contribution in [0.3, 0.4) is 0 Å². The third kappa shape index (κ3) is 2.98. The molecule has 0 heterocycles. The zero-order valence-electron chi connectivity index (χ0n) is 11.7. The van der Waals surface area contributed by atoms with Crippen molar-refractivity contribution < 1.29 is 9.90 Å². The van der Waals surface area contributed by atoms with Crippen molar-refractivity contribution in [3.63, 3.8) is 0 Å². The Kier molecular flexibility index (Phi) is 4.02. The Morgan fingerprint density at radius 1 is 1.10 bits per heavy atom. The molecule has 0 spiro atoms. The van der Waals surface area contributed by atoms with Gasteiger partial charge in [0, 0.05) is 16.8 Å². The van der Waals surface area contributed by atoms with E-state index in [-0.39, 0.29) is 23.1 Å². The number of fused-ring (bicyclic) bond motifs is 1. The van der Waals surface area contributed by atoms with E-state index in [2.05, 4.69) is 5.32 Å². The molecule has 1 aliphatic carbocycles. The quantitative estimate of drug-likeness (QED) is 0.829. The molecule has 1 aliphatic rings. The lowest BCUT2D eigenvalue weighted by molar-refractivity contribution is 0.0925. The zero-order valence-corrected chi connectivity index (χ0v) is 12.4. The van der Waals surface area contributed by atoms with Gasteiger partial charge in [-0.3, -0.25) is 4.79 Å². The Morgan fingerprint density at radius 2 is 1.81 bits per heavy atom. The van der Waals surface area contributed by atoms with Crippen LogP contribution in [0.5, 0.6) is 5.75 Å². The Bertz CT molecular complexity index is 663. The number of aromatic hydroxyl groups is 1. The van der Waals surface area contributed by atoms with Crippen LogP contribution in [0.15, 0.2) is 36.4 Å². The number of carbonyl (C=O) groups excluding carboxylic acids is 1. The third-order valence-corrected chi connectivity index (χ3v) is 4.57. The smallest absolute Gasteiger partial charge is 0.255 e. The first-order chi connectivity index (χ1) is 10.1. The lowest BCUT2D eigenvalue weighted by Gasteiger charge is -2.26. The maximum atomic E-state index is 12.4. The van der Waals surface area contributed by atoms with Crippen LogP contribution in [0.25, 0.3) is 10.8 Å². The summed E-state index contributed by atoms with van der Waals surface area (Å²) in [6.07, 6.45) is 3.65. The van der Waals surface area contributed by atoms with Crippen LogP contribution in [0.4, 0.5) is 0 Å². The maximum Gasteiger partial charge on any atom is 0.255 e. The lowest BCUT2D eigenvalue weighted by atomic mass is 9.94.